The molecule has 3 rings (SSSR count). The summed E-state index contributed by atoms with van der Waals surface area (Å²) in [6, 6.07) is 11.6. The van der Waals surface area contributed by atoms with Gasteiger partial charge in [-0.1, -0.05) is 25.0 Å². The van der Waals surface area contributed by atoms with Gasteiger partial charge in [0.05, 0.1) is 23.3 Å². The lowest BCUT2D eigenvalue weighted by Crippen LogP contribution is -2.32. The van der Waals surface area contributed by atoms with E-state index in [1.165, 1.54) is 23.5 Å². The number of nitrogens with one attached hydrogen (secondary N) is 1. The number of amides is 1. The van der Waals surface area contributed by atoms with Crippen LogP contribution in [-0.4, -0.2) is 38.8 Å². The highest BCUT2D eigenvalue weighted by atomic mass is 79.9. The van der Waals surface area contributed by atoms with Crippen molar-refractivity contribution in [2.24, 2.45) is 0 Å². The molecule has 1 saturated heterocycles. The van der Waals surface area contributed by atoms with Crippen molar-refractivity contribution in [1.29, 1.82) is 0 Å². The number of sulfonamides is 1. The maximum absolute atomic E-state index is 13.1. The fraction of sp³-hybridized carbons (Fsp3) is 0.350. The Labute approximate surface area is 174 Å². The monoisotopic (exact) mass is 466 g/mol. The van der Waals surface area contributed by atoms with Crippen LogP contribution < -0.4 is 10.1 Å². The number of methoxy groups -OCH3 is 1. The van der Waals surface area contributed by atoms with Crippen molar-refractivity contribution in [1.82, 2.24) is 4.31 Å². The molecule has 0 spiro atoms. The highest BCUT2D eigenvalue weighted by Crippen LogP contribution is 2.30. The first kappa shape index (κ1) is 20.8. The normalized spacial score (nSPS) is 15.6. The maximum atomic E-state index is 13.1. The Morgan fingerprint density at radius 2 is 1.75 bits per heavy atom. The molecule has 2 aromatic carbocycles. The first-order chi connectivity index (χ1) is 13.4. The Balaban J connectivity index is 1.91. The van der Waals surface area contributed by atoms with Gasteiger partial charge in [-0.05, 0) is 59.1 Å². The molecule has 0 atom stereocenters. The van der Waals surface area contributed by atoms with Crippen molar-refractivity contribution >= 4 is 37.5 Å². The summed E-state index contributed by atoms with van der Waals surface area (Å²) in [4.78, 5) is 12.8. The average molecular weight is 467 g/mol. The summed E-state index contributed by atoms with van der Waals surface area (Å²) < 4.78 is 33.6. The molecule has 0 bridgehead atoms. The van der Waals surface area contributed by atoms with Gasteiger partial charge >= 0.3 is 0 Å². The molecule has 8 heteroatoms. The summed E-state index contributed by atoms with van der Waals surface area (Å²) in [6.07, 6.45) is 3.81. The first-order valence-electron chi connectivity index (χ1n) is 9.17. The largest absolute Gasteiger partial charge is 0.495 e. The van der Waals surface area contributed by atoms with Crippen molar-refractivity contribution in [2.75, 3.05) is 25.5 Å². The van der Waals surface area contributed by atoms with E-state index in [2.05, 4.69) is 21.2 Å². The second kappa shape index (κ2) is 9.07. The van der Waals surface area contributed by atoms with Gasteiger partial charge in [0.15, 0.2) is 0 Å². The number of benzene rings is 2. The summed E-state index contributed by atoms with van der Waals surface area (Å²) in [7, 11) is -2.15. The minimum Gasteiger partial charge on any atom is -0.495 e. The summed E-state index contributed by atoms with van der Waals surface area (Å²) in [6.45, 7) is 1.04. The van der Waals surface area contributed by atoms with Crippen LogP contribution in [0.3, 0.4) is 0 Å². The van der Waals surface area contributed by atoms with Crippen LogP contribution in [0.25, 0.3) is 0 Å². The molecule has 1 amide bonds. The number of rotatable bonds is 5. The van der Waals surface area contributed by atoms with Crippen molar-refractivity contribution in [3.63, 3.8) is 0 Å². The minimum atomic E-state index is -3.62. The predicted molar refractivity (Wildman–Crippen MR) is 112 cm³/mol. The van der Waals surface area contributed by atoms with Crippen LogP contribution >= 0.6 is 15.9 Å². The molecule has 1 N–H and O–H groups in total. The molecular weight excluding hydrogens is 444 g/mol. The van der Waals surface area contributed by atoms with Crippen molar-refractivity contribution in [2.45, 2.75) is 30.6 Å². The van der Waals surface area contributed by atoms with Crippen molar-refractivity contribution in [3.8, 4) is 5.75 Å². The number of nitrogens with zero attached hydrogens (tertiary/aromatic N) is 1. The zero-order valence-corrected chi connectivity index (χ0v) is 18.1. The molecule has 0 aromatic heterocycles. The van der Waals surface area contributed by atoms with Gasteiger partial charge in [0, 0.05) is 17.6 Å². The quantitative estimate of drug-likeness (QED) is 0.713. The molecule has 0 radical (unpaired) electrons. The van der Waals surface area contributed by atoms with Gasteiger partial charge in [0.1, 0.15) is 5.75 Å². The van der Waals surface area contributed by atoms with E-state index < -0.39 is 10.0 Å². The summed E-state index contributed by atoms with van der Waals surface area (Å²) in [5.74, 6) is 0.0466. The number of hydrogen-bond acceptors (Lipinski definition) is 4. The molecule has 2 aromatic rings. The fourth-order valence-electron chi connectivity index (χ4n) is 3.21. The van der Waals surface area contributed by atoms with E-state index in [0.29, 0.717) is 34.6 Å². The number of anilines is 1. The highest BCUT2D eigenvalue weighted by Gasteiger charge is 2.26. The number of carbonyl (C=O) groups excluding carboxylic acids is 1. The van der Waals surface area contributed by atoms with Crippen LogP contribution in [0.2, 0.25) is 0 Å². The highest BCUT2D eigenvalue weighted by molar-refractivity contribution is 9.10. The van der Waals surface area contributed by atoms with Gasteiger partial charge < -0.3 is 10.1 Å². The molecule has 0 aliphatic carbocycles. The van der Waals surface area contributed by atoms with E-state index in [9.17, 15) is 13.2 Å². The Kier molecular flexibility index (Phi) is 6.74. The van der Waals surface area contributed by atoms with E-state index in [4.69, 9.17) is 4.74 Å². The van der Waals surface area contributed by atoms with Gasteiger partial charge in [0.25, 0.3) is 5.91 Å². The van der Waals surface area contributed by atoms with Crippen molar-refractivity contribution < 1.29 is 17.9 Å². The van der Waals surface area contributed by atoms with Crippen LogP contribution in [0, 0.1) is 0 Å². The van der Waals surface area contributed by atoms with E-state index in [1.807, 2.05) is 6.07 Å². The smallest absolute Gasteiger partial charge is 0.256 e. The zero-order valence-electron chi connectivity index (χ0n) is 15.7. The molecule has 28 heavy (non-hydrogen) atoms. The number of ether oxygens (including phenoxy) is 1. The molecule has 0 saturated carbocycles. The third-order valence-corrected chi connectivity index (χ3v) is 7.33. The third kappa shape index (κ3) is 4.56. The fourth-order valence-corrected chi connectivity index (χ4v) is 5.22. The van der Waals surface area contributed by atoms with Crippen LogP contribution in [0.1, 0.15) is 36.0 Å². The van der Waals surface area contributed by atoms with Crippen LogP contribution in [0.15, 0.2) is 51.8 Å². The second-order valence-electron chi connectivity index (χ2n) is 6.61. The average Bonchev–Trinajstić information content (AvgIpc) is 2.98. The van der Waals surface area contributed by atoms with E-state index in [0.717, 1.165) is 25.7 Å². The van der Waals surface area contributed by atoms with Gasteiger partial charge in [-0.15, -0.1) is 0 Å². The molecule has 1 aliphatic heterocycles. The molecule has 6 nitrogen and oxygen atoms in total. The van der Waals surface area contributed by atoms with Gasteiger partial charge in [-0.25, -0.2) is 8.42 Å². The molecule has 150 valence electrons. The Morgan fingerprint density at radius 1 is 1.07 bits per heavy atom. The molecule has 1 fully saturated rings. The first-order valence-corrected chi connectivity index (χ1v) is 11.4. The molecule has 0 unspecified atom stereocenters. The third-order valence-electron chi connectivity index (χ3n) is 4.74. The lowest BCUT2D eigenvalue weighted by atomic mass is 10.2. The van der Waals surface area contributed by atoms with Gasteiger partial charge in [-0.3, -0.25) is 4.79 Å². The standard InChI is InChI=1S/C20H23BrN2O4S/c1-27-19-11-10-15(28(25,26)23-12-6-2-3-7-13-23)14-18(19)22-20(24)16-8-4-5-9-17(16)21/h4-5,8-11,14H,2-3,6-7,12-13H2,1H3,(H,22,24). The Bertz CT molecular complexity index is 954. The topological polar surface area (TPSA) is 75.7 Å². The van der Waals surface area contributed by atoms with Crippen molar-refractivity contribution in [3.05, 3.63) is 52.5 Å². The number of halogens is 1. The lowest BCUT2D eigenvalue weighted by Gasteiger charge is -2.21. The molecule has 1 aliphatic rings. The number of carbonyl (C=O) groups is 1. The van der Waals surface area contributed by atoms with Crippen LogP contribution in [0.4, 0.5) is 5.69 Å². The Hall–Kier alpha value is -1.90. The van der Waals surface area contributed by atoms with Crippen LogP contribution in [0.5, 0.6) is 5.75 Å². The summed E-state index contributed by atoms with van der Waals surface area (Å²) in [5, 5.41) is 2.77. The molecular formula is C20H23BrN2O4S. The lowest BCUT2D eigenvalue weighted by molar-refractivity contribution is 0.102. The van der Waals surface area contributed by atoms with Gasteiger partial charge in [0.2, 0.25) is 10.0 Å². The van der Waals surface area contributed by atoms with Gasteiger partial charge in [-0.2, -0.15) is 4.31 Å². The van der Waals surface area contributed by atoms with E-state index in [1.54, 1.807) is 24.3 Å². The predicted octanol–water partition coefficient (Wildman–Crippen LogP) is 4.27. The van der Waals surface area contributed by atoms with E-state index >= 15 is 0 Å². The SMILES string of the molecule is COc1ccc(S(=O)(=O)N2CCCCCC2)cc1NC(=O)c1ccccc1Br. The minimum absolute atomic E-state index is 0.151. The summed E-state index contributed by atoms with van der Waals surface area (Å²) >= 11 is 3.36. The summed E-state index contributed by atoms with van der Waals surface area (Å²) in [5.41, 5.74) is 0.768. The zero-order chi connectivity index (χ0) is 20.1. The second-order valence-corrected chi connectivity index (χ2v) is 9.41. The number of hydrogen-bond donors (Lipinski definition) is 1. The van der Waals surface area contributed by atoms with Crippen LogP contribution in [-0.2, 0) is 10.0 Å². The molecule has 1 heterocycles. The Morgan fingerprint density at radius 3 is 2.39 bits per heavy atom. The maximum Gasteiger partial charge on any atom is 0.256 e. The van der Waals surface area contributed by atoms with E-state index in [-0.39, 0.29) is 10.8 Å².